The minimum Gasteiger partial charge on any atom is -0.237 e. The van der Waals surface area contributed by atoms with Gasteiger partial charge in [-0.25, -0.2) is 9.97 Å². The second-order valence-electron chi connectivity index (χ2n) is 5.49. The van der Waals surface area contributed by atoms with Gasteiger partial charge in [0.05, 0.1) is 5.69 Å². The lowest BCUT2D eigenvalue weighted by Crippen LogP contribution is -1.92. The number of nitrogens with zero attached hydrogens (tertiary/aromatic N) is 2. The zero-order valence-corrected chi connectivity index (χ0v) is 14.1. The first-order valence-electron chi connectivity index (χ1n) is 7.48. The summed E-state index contributed by atoms with van der Waals surface area (Å²) in [4.78, 5) is 9.03. The number of fused-ring (bicyclic) bond motifs is 1. The summed E-state index contributed by atoms with van der Waals surface area (Å²) in [5.41, 5.74) is 2.71. The molecule has 0 saturated heterocycles. The van der Waals surface area contributed by atoms with Gasteiger partial charge in [-0.05, 0) is 41.1 Å². The highest BCUT2D eigenvalue weighted by atomic mass is 35.5. The Bertz CT molecular complexity index is 1020. The maximum Gasteiger partial charge on any atom is 0.159 e. The number of halogens is 2. The van der Waals surface area contributed by atoms with Crippen molar-refractivity contribution < 1.29 is 0 Å². The van der Waals surface area contributed by atoms with E-state index in [-0.39, 0.29) is 0 Å². The molecule has 0 unspecified atom stereocenters. The van der Waals surface area contributed by atoms with Gasteiger partial charge in [-0.2, -0.15) is 0 Å². The van der Waals surface area contributed by atoms with Crippen LogP contribution in [0.1, 0.15) is 0 Å². The third-order valence-corrected chi connectivity index (χ3v) is 4.26. The molecular formula is C20H12Cl2N2. The van der Waals surface area contributed by atoms with Crippen molar-refractivity contribution in [2.75, 3.05) is 0 Å². The minimum atomic E-state index is 0.567. The zero-order valence-electron chi connectivity index (χ0n) is 12.6. The van der Waals surface area contributed by atoms with Crippen molar-refractivity contribution in [2.24, 2.45) is 0 Å². The first kappa shape index (κ1) is 15.1. The average molecular weight is 351 g/mol. The molecule has 0 atom stereocenters. The fourth-order valence-corrected chi connectivity index (χ4v) is 3.22. The molecule has 0 amide bonds. The zero-order chi connectivity index (χ0) is 16.5. The smallest absolute Gasteiger partial charge is 0.159 e. The molecule has 1 aromatic heterocycles. The Morgan fingerprint density at radius 2 is 1.42 bits per heavy atom. The molecule has 0 saturated carbocycles. The normalized spacial score (nSPS) is 10.9. The summed E-state index contributed by atoms with van der Waals surface area (Å²) >= 11 is 12.2. The largest absolute Gasteiger partial charge is 0.237 e. The predicted octanol–water partition coefficient (Wildman–Crippen LogP) is 6.27. The topological polar surface area (TPSA) is 25.8 Å². The van der Waals surface area contributed by atoms with Crippen molar-refractivity contribution in [1.29, 1.82) is 0 Å². The molecule has 0 aliphatic carbocycles. The molecule has 0 bridgehead atoms. The van der Waals surface area contributed by atoms with Crippen LogP contribution in [-0.4, -0.2) is 9.97 Å². The van der Waals surface area contributed by atoms with E-state index in [1.54, 1.807) is 12.3 Å². The van der Waals surface area contributed by atoms with E-state index in [4.69, 9.17) is 23.2 Å². The molecule has 0 spiro atoms. The van der Waals surface area contributed by atoms with Crippen molar-refractivity contribution in [3.8, 4) is 22.6 Å². The van der Waals surface area contributed by atoms with Gasteiger partial charge in [-0.1, -0.05) is 59.6 Å². The summed E-state index contributed by atoms with van der Waals surface area (Å²) in [5.74, 6) is 0.602. The highest BCUT2D eigenvalue weighted by Crippen LogP contribution is 2.27. The van der Waals surface area contributed by atoms with Crippen LogP contribution in [0.15, 0.2) is 72.9 Å². The maximum absolute atomic E-state index is 6.08. The van der Waals surface area contributed by atoms with Gasteiger partial charge < -0.3 is 0 Å². The third-order valence-electron chi connectivity index (χ3n) is 3.82. The summed E-state index contributed by atoms with van der Waals surface area (Å²) in [5, 5.41) is 3.52. The summed E-state index contributed by atoms with van der Waals surface area (Å²) in [6.07, 6.45) is 1.75. The molecule has 0 fully saturated rings. The fraction of sp³-hybridized carbons (Fsp3) is 0. The van der Waals surface area contributed by atoms with Crippen LogP contribution in [0.25, 0.3) is 33.4 Å². The molecule has 0 aliphatic heterocycles. The minimum absolute atomic E-state index is 0.567. The fourth-order valence-electron chi connectivity index (χ4n) is 2.69. The lowest BCUT2D eigenvalue weighted by molar-refractivity contribution is 1.18. The van der Waals surface area contributed by atoms with E-state index in [0.29, 0.717) is 15.9 Å². The third kappa shape index (κ3) is 2.99. The van der Waals surface area contributed by atoms with Crippen LogP contribution in [-0.2, 0) is 0 Å². The van der Waals surface area contributed by atoms with E-state index < -0.39 is 0 Å². The highest BCUT2D eigenvalue weighted by molar-refractivity contribution is 6.35. The molecule has 116 valence electrons. The van der Waals surface area contributed by atoms with E-state index in [1.807, 2.05) is 30.3 Å². The Hall–Kier alpha value is -2.42. The Kier molecular flexibility index (Phi) is 3.93. The van der Waals surface area contributed by atoms with Gasteiger partial charge in [0.1, 0.15) is 0 Å². The lowest BCUT2D eigenvalue weighted by Gasteiger charge is -2.06. The van der Waals surface area contributed by atoms with Crippen molar-refractivity contribution in [2.45, 2.75) is 0 Å². The maximum atomic E-state index is 6.08. The van der Waals surface area contributed by atoms with E-state index in [2.05, 4.69) is 40.3 Å². The summed E-state index contributed by atoms with van der Waals surface area (Å²) in [6, 6.07) is 21.8. The first-order valence-corrected chi connectivity index (χ1v) is 8.23. The molecule has 4 rings (SSSR count). The second-order valence-corrected chi connectivity index (χ2v) is 6.36. The van der Waals surface area contributed by atoms with Crippen LogP contribution in [0.3, 0.4) is 0 Å². The number of aromatic nitrogens is 2. The average Bonchev–Trinajstić information content (AvgIpc) is 2.60. The highest BCUT2D eigenvalue weighted by Gasteiger charge is 2.07. The second kappa shape index (κ2) is 6.23. The monoisotopic (exact) mass is 350 g/mol. The summed E-state index contributed by atoms with van der Waals surface area (Å²) in [6.45, 7) is 0. The van der Waals surface area contributed by atoms with Gasteiger partial charge in [0.15, 0.2) is 5.82 Å². The summed E-state index contributed by atoms with van der Waals surface area (Å²) in [7, 11) is 0. The van der Waals surface area contributed by atoms with Crippen molar-refractivity contribution in [3.63, 3.8) is 0 Å². The van der Waals surface area contributed by atoms with Crippen molar-refractivity contribution in [3.05, 3.63) is 83.0 Å². The first-order chi connectivity index (χ1) is 11.7. The predicted molar refractivity (Wildman–Crippen MR) is 100 cm³/mol. The van der Waals surface area contributed by atoms with E-state index >= 15 is 0 Å². The molecule has 0 aliphatic rings. The Morgan fingerprint density at radius 3 is 2.21 bits per heavy atom. The van der Waals surface area contributed by atoms with Gasteiger partial charge >= 0.3 is 0 Å². The number of rotatable bonds is 2. The van der Waals surface area contributed by atoms with Crippen LogP contribution in [0.5, 0.6) is 0 Å². The molecule has 4 heteroatoms. The van der Waals surface area contributed by atoms with E-state index in [9.17, 15) is 0 Å². The van der Waals surface area contributed by atoms with Crippen LogP contribution >= 0.6 is 23.2 Å². The summed E-state index contributed by atoms with van der Waals surface area (Å²) < 4.78 is 0. The Morgan fingerprint density at radius 1 is 0.667 bits per heavy atom. The molecule has 0 radical (unpaired) electrons. The number of hydrogen-bond donors (Lipinski definition) is 0. The van der Waals surface area contributed by atoms with Crippen LogP contribution < -0.4 is 0 Å². The van der Waals surface area contributed by atoms with Gasteiger partial charge in [0, 0.05) is 27.4 Å². The molecule has 3 aromatic carbocycles. The lowest BCUT2D eigenvalue weighted by atomic mass is 10.0. The van der Waals surface area contributed by atoms with Gasteiger partial charge in [-0.15, -0.1) is 0 Å². The molecule has 0 N–H and O–H groups in total. The van der Waals surface area contributed by atoms with Gasteiger partial charge in [-0.3, -0.25) is 0 Å². The number of hydrogen-bond acceptors (Lipinski definition) is 2. The molecule has 1 heterocycles. The van der Waals surface area contributed by atoms with Gasteiger partial charge in [0.25, 0.3) is 0 Å². The molecule has 24 heavy (non-hydrogen) atoms. The SMILES string of the molecule is Clc1cc(Cl)cc(-c2nccc(-c3ccc4ccccc4c3)n2)c1. The van der Waals surface area contributed by atoms with Crippen LogP contribution in [0.4, 0.5) is 0 Å². The van der Waals surface area contributed by atoms with Crippen LogP contribution in [0.2, 0.25) is 10.0 Å². The molecular weight excluding hydrogens is 339 g/mol. The Labute approximate surface area is 149 Å². The van der Waals surface area contributed by atoms with Crippen molar-refractivity contribution in [1.82, 2.24) is 9.97 Å². The van der Waals surface area contributed by atoms with Crippen molar-refractivity contribution >= 4 is 34.0 Å². The quantitative estimate of drug-likeness (QED) is 0.425. The Balaban J connectivity index is 1.81. The molecule has 2 nitrogen and oxygen atoms in total. The van der Waals surface area contributed by atoms with Gasteiger partial charge in [0.2, 0.25) is 0 Å². The van der Waals surface area contributed by atoms with E-state index in [0.717, 1.165) is 16.8 Å². The van der Waals surface area contributed by atoms with Crippen LogP contribution in [0, 0.1) is 0 Å². The number of benzene rings is 3. The molecule has 4 aromatic rings. The van der Waals surface area contributed by atoms with E-state index in [1.165, 1.54) is 10.8 Å². The standard InChI is InChI=1S/C20H12Cl2N2/c21-17-10-16(11-18(22)12-17)20-23-8-7-19(24-20)15-6-5-13-3-1-2-4-14(13)9-15/h1-12H.